The van der Waals surface area contributed by atoms with E-state index in [1.807, 2.05) is 35.2 Å². The predicted octanol–water partition coefficient (Wildman–Crippen LogP) is 3.12. The lowest BCUT2D eigenvalue weighted by Crippen LogP contribution is -2.46. The number of pyridine rings is 1. The molecule has 0 saturated carbocycles. The molecule has 2 aromatic rings. The number of piperidine rings is 1. The van der Waals surface area contributed by atoms with Crippen molar-refractivity contribution in [2.24, 2.45) is 5.92 Å². The van der Waals surface area contributed by atoms with E-state index < -0.39 is 6.61 Å². The number of nitrogens with zero attached hydrogens (tertiary/aromatic N) is 3. The molecule has 142 valence electrons. The highest BCUT2D eigenvalue weighted by Gasteiger charge is 2.26. The molecule has 0 spiro atoms. The number of amides is 2. The zero-order chi connectivity index (χ0) is 19.2. The molecule has 6 heteroatoms. The zero-order valence-electron chi connectivity index (χ0n) is 15.5. The zero-order valence-corrected chi connectivity index (χ0v) is 15.5. The number of urea groups is 1. The van der Waals surface area contributed by atoms with E-state index in [0.717, 1.165) is 31.5 Å². The third kappa shape index (κ3) is 4.71. The molecule has 27 heavy (non-hydrogen) atoms. The second-order valence-electron chi connectivity index (χ2n) is 7.00. The van der Waals surface area contributed by atoms with E-state index in [0.29, 0.717) is 23.8 Å². The Labute approximate surface area is 159 Å². The summed E-state index contributed by atoms with van der Waals surface area (Å²) in [7, 11) is 0. The number of ketones is 1. The van der Waals surface area contributed by atoms with Crippen LogP contribution in [0.25, 0.3) is 0 Å². The number of hydrogen-bond donors (Lipinski definition) is 1. The Hall–Kier alpha value is -2.73. The van der Waals surface area contributed by atoms with Crippen molar-refractivity contribution >= 4 is 17.6 Å². The maximum atomic E-state index is 13.2. The quantitative estimate of drug-likeness (QED) is 0.824. The normalized spacial score (nSPS) is 14.8. The van der Waals surface area contributed by atoms with Crippen molar-refractivity contribution in [3.8, 4) is 0 Å². The van der Waals surface area contributed by atoms with Crippen molar-refractivity contribution in [3.05, 3.63) is 59.8 Å². The second kappa shape index (κ2) is 8.77. The molecule has 1 aromatic heterocycles. The molecule has 1 fully saturated rings. The monoisotopic (exact) mass is 367 g/mol. The van der Waals surface area contributed by atoms with Crippen LogP contribution in [0.4, 0.5) is 10.6 Å². The van der Waals surface area contributed by atoms with Crippen LogP contribution in [-0.2, 0) is 6.54 Å². The largest absolute Gasteiger partial charge is 0.388 e. The van der Waals surface area contributed by atoms with Crippen LogP contribution in [0.1, 0.15) is 35.7 Å². The van der Waals surface area contributed by atoms with E-state index in [2.05, 4.69) is 11.9 Å². The summed E-state index contributed by atoms with van der Waals surface area (Å²) < 4.78 is 0. The predicted molar refractivity (Wildman–Crippen MR) is 104 cm³/mol. The number of hydrogen-bond acceptors (Lipinski definition) is 4. The van der Waals surface area contributed by atoms with E-state index >= 15 is 0 Å². The molecule has 2 amide bonds. The van der Waals surface area contributed by atoms with Crippen LogP contribution in [-0.4, -0.2) is 46.5 Å². The summed E-state index contributed by atoms with van der Waals surface area (Å²) in [4.78, 5) is 32.7. The van der Waals surface area contributed by atoms with E-state index in [1.54, 1.807) is 23.2 Å². The van der Waals surface area contributed by atoms with E-state index in [1.165, 1.54) is 0 Å². The standard InChI is InChI=1S/C21H25N3O3/c1-16-9-12-23(13-10-16)21(27)24(20-4-2-3-11-22-20)14-17-5-7-18(8-6-17)19(26)15-25/h2-8,11,16,25H,9-10,12-15H2,1H3. The maximum absolute atomic E-state index is 13.2. The molecule has 1 aromatic carbocycles. The van der Waals surface area contributed by atoms with Crippen LogP contribution in [0.15, 0.2) is 48.7 Å². The molecule has 1 aliphatic rings. The molecule has 0 bridgehead atoms. The van der Waals surface area contributed by atoms with Gasteiger partial charge >= 0.3 is 6.03 Å². The first kappa shape index (κ1) is 19.0. The minimum absolute atomic E-state index is 0.0453. The number of benzene rings is 1. The molecule has 3 rings (SSSR count). The van der Waals surface area contributed by atoms with E-state index in [4.69, 9.17) is 5.11 Å². The third-order valence-corrected chi connectivity index (χ3v) is 4.97. The number of Topliss-reactive ketones (excluding diaryl/α,β-unsaturated/α-hetero) is 1. The molecule has 0 unspecified atom stereocenters. The van der Waals surface area contributed by atoms with Gasteiger partial charge in [-0.05, 0) is 36.5 Å². The summed E-state index contributed by atoms with van der Waals surface area (Å²) in [6, 6.07) is 12.4. The Morgan fingerprint density at radius 2 is 1.85 bits per heavy atom. The van der Waals surface area contributed by atoms with Crippen LogP contribution >= 0.6 is 0 Å². The van der Waals surface area contributed by atoms with Crippen LogP contribution in [0.5, 0.6) is 0 Å². The van der Waals surface area contributed by atoms with Gasteiger partial charge in [0, 0.05) is 24.8 Å². The fourth-order valence-corrected chi connectivity index (χ4v) is 3.20. The van der Waals surface area contributed by atoms with Gasteiger partial charge in [0.1, 0.15) is 12.4 Å². The van der Waals surface area contributed by atoms with Gasteiger partial charge in [0.2, 0.25) is 0 Å². The third-order valence-electron chi connectivity index (χ3n) is 4.97. The van der Waals surface area contributed by atoms with Gasteiger partial charge in [-0.3, -0.25) is 9.69 Å². The number of aliphatic hydroxyl groups is 1. The minimum atomic E-state index is -0.509. The summed E-state index contributed by atoms with van der Waals surface area (Å²) in [6.07, 6.45) is 3.70. The van der Waals surface area contributed by atoms with Gasteiger partial charge in [-0.1, -0.05) is 37.3 Å². The summed E-state index contributed by atoms with van der Waals surface area (Å²) in [5.41, 5.74) is 1.36. The van der Waals surface area contributed by atoms with Crippen molar-refractivity contribution in [1.29, 1.82) is 0 Å². The summed E-state index contributed by atoms with van der Waals surface area (Å²) in [5.74, 6) is 0.937. The average Bonchev–Trinajstić information content (AvgIpc) is 2.72. The number of rotatable bonds is 5. The van der Waals surface area contributed by atoms with Gasteiger partial charge in [-0.2, -0.15) is 0 Å². The Morgan fingerprint density at radius 3 is 2.44 bits per heavy atom. The Kier molecular flexibility index (Phi) is 6.19. The highest BCUT2D eigenvalue weighted by Crippen LogP contribution is 2.21. The van der Waals surface area contributed by atoms with Crippen LogP contribution in [0.3, 0.4) is 0 Å². The molecule has 1 N–H and O–H groups in total. The van der Waals surface area contributed by atoms with Gasteiger partial charge < -0.3 is 10.0 Å². The Balaban J connectivity index is 1.80. The smallest absolute Gasteiger partial charge is 0.325 e. The van der Waals surface area contributed by atoms with Gasteiger partial charge in [0.15, 0.2) is 5.78 Å². The number of carbonyl (C=O) groups is 2. The molecule has 0 atom stereocenters. The van der Waals surface area contributed by atoms with Crippen molar-refractivity contribution in [2.45, 2.75) is 26.3 Å². The van der Waals surface area contributed by atoms with E-state index in [-0.39, 0.29) is 11.8 Å². The molecule has 1 saturated heterocycles. The summed E-state index contributed by atoms with van der Waals surface area (Å²) in [5, 5.41) is 8.97. The van der Waals surface area contributed by atoms with Gasteiger partial charge in [-0.15, -0.1) is 0 Å². The fourth-order valence-electron chi connectivity index (χ4n) is 3.20. The van der Waals surface area contributed by atoms with Crippen LogP contribution in [0, 0.1) is 5.92 Å². The van der Waals surface area contributed by atoms with Crippen molar-refractivity contribution in [2.75, 3.05) is 24.6 Å². The molecular formula is C21H25N3O3. The van der Waals surface area contributed by atoms with Crippen LogP contribution < -0.4 is 4.90 Å². The molecule has 2 heterocycles. The Bertz CT molecular complexity index is 769. The number of carbonyl (C=O) groups excluding carboxylic acids is 2. The van der Waals surface area contributed by atoms with Crippen molar-refractivity contribution in [1.82, 2.24) is 9.88 Å². The highest BCUT2D eigenvalue weighted by atomic mass is 16.3. The lowest BCUT2D eigenvalue weighted by molar-refractivity contribution is 0.0903. The van der Waals surface area contributed by atoms with Gasteiger partial charge in [-0.25, -0.2) is 9.78 Å². The number of anilines is 1. The molecular weight excluding hydrogens is 342 g/mol. The number of aliphatic hydroxyl groups excluding tert-OH is 1. The number of likely N-dealkylation sites (tertiary alicyclic amines) is 1. The first-order valence-electron chi connectivity index (χ1n) is 9.29. The van der Waals surface area contributed by atoms with Gasteiger partial charge in [0.25, 0.3) is 0 Å². The minimum Gasteiger partial charge on any atom is -0.388 e. The number of aromatic nitrogens is 1. The SMILES string of the molecule is CC1CCN(C(=O)N(Cc2ccc(C(=O)CO)cc2)c2ccccn2)CC1. The second-order valence-corrected chi connectivity index (χ2v) is 7.00. The van der Waals surface area contributed by atoms with Crippen molar-refractivity contribution in [3.63, 3.8) is 0 Å². The van der Waals surface area contributed by atoms with E-state index in [9.17, 15) is 9.59 Å². The average molecular weight is 367 g/mol. The van der Waals surface area contributed by atoms with Crippen molar-refractivity contribution < 1.29 is 14.7 Å². The fraction of sp³-hybridized carbons (Fsp3) is 0.381. The lowest BCUT2D eigenvalue weighted by atomic mass is 9.99. The maximum Gasteiger partial charge on any atom is 0.325 e. The lowest BCUT2D eigenvalue weighted by Gasteiger charge is -2.34. The molecule has 6 nitrogen and oxygen atoms in total. The molecule has 0 aliphatic carbocycles. The summed E-state index contributed by atoms with van der Waals surface area (Å²) >= 11 is 0. The molecule has 1 aliphatic heterocycles. The Morgan fingerprint density at radius 1 is 1.15 bits per heavy atom. The van der Waals surface area contributed by atoms with Crippen LogP contribution in [0.2, 0.25) is 0 Å². The first-order chi connectivity index (χ1) is 13.1. The molecule has 0 radical (unpaired) electrons. The van der Waals surface area contributed by atoms with Gasteiger partial charge in [0.05, 0.1) is 6.54 Å². The summed E-state index contributed by atoms with van der Waals surface area (Å²) in [6.45, 7) is 3.59. The topological polar surface area (TPSA) is 73.7 Å². The highest BCUT2D eigenvalue weighted by molar-refractivity contribution is 5.97. The first-order valence-corrected chi connectivity index (χ1v) is 9.29.